The van der Waals surface area contributed by atoms with Crippen molar-refractivity contribution in [2.45, 2.75) is 51.4 Å². The van der Waals surface area contributed by atoms with Gasteiger partial charge in [-0.1, -0.05) is 188 Å². The number of aromatic nitrogens is 2. The third kappa shape index (κ3) is 14.1. The fraction of sp³-hybridized carbons (Fsp3) is 0.103. The molecule has 2 fully saturated rings. The Balaban J connectivity index is 0.000000137. The van der Waals surface area contributed by atoms with E-state index in [1.54, 1.807) is 5.01 Å². The quantitative estimate of drug-likeness (QED) is 0.0831. The van der Waals surface area contributed by atoms with Crippen LogP contribution in [0.4, 0.5) is 34.1 Å². The van der Waals surface area contributed by atoms with Crippen molar-refractivity contribution in [2.75, 3.05) is 15.0 Å². The lowest BCUT2D eigenvalue weighted by Gasteiger charge is -2.25. The Morgan fingerprint density at radius 3 is 1.06 bits per heavy atom. The first kappa shape index (κ1) is 60.1. The van der Waals surface area contributed by atoms with Crippen LogP contribution in [-0.2, 0) is 9.59 Å². The zero-order valence-electron chi connectivity index (χ0n) is 49.5. The third-order valence-electron chi connectivity index (χ3n) is 15.7. The van der Waals surface area contributed by atoms with Gasteiger partial charge in [-0.3, -0.25) is 14.6 Å². The van der Waals surface area contributed by atoms with E-state index >= 15 is 0 Å². The van der Waals surface area contributed by atoms with Gasteiger partial charge < -0.3 is 9.13 Å². The monoisotopic (exact) mass is 1180 g/mol. The highest BCUT2D eigenvalue weighted by molar-refractivity contribution is 6.26. The van der Waals surface area contributed by atoms with Gasteiger partial charge in [0.15, 0.2) is 0 Å². The van der Waals surface area contributed by atoms with Crippen LogP contribution < -0.4 is 20.9 Å². The van der Waals surface area contributed by atoms with Gasteiger partial charge in [0.1, 0.15) is 11.6 Å². The number of para-hydroxylation sites is 10. The molecule has 15 rings (SSSR count). The highest BCUT2D eigenvalue weighted by Crippen LogP contribution is 2.42. The highest BCUT2D eigenvalue weighted by Gasteiger charge is 2.22. The molecule has 0 saturated heterocycles. The summed E-state index contributed by atoms with van der Waals surface area (Å²) in [7, 11) is 0. The van der Waals surface area contributed by atoms with Crippen LogP contribution in [0.15, 0.2) is 314 Å². The molecular weight excluding hydrogens is 1120 g/mol. The van der Waals surface area contributed by atoms with Crippen molar-refractivity contribution >= 4 is 113 Å². The second kappa shape index (κ2) is 29.2. The largest absolute Gasteiger partial charge is 0.309 e. The molecule has 0 spiro atoms. The zero-order chi connectivity index (χ0) is 59.9. The molecule has 13 aromatic rings. The summed E-state index contributed by atoms with van der Waals surface area (Å²) in [5, 5.41) is 21.2. The predicted octanol–water partition coefficient (Wildman–Crippen LogP) is 19.6. The van der Waals surface area contributed by atoms with E-state index in [2.05, 4.69) is 228 Å². The second-order valence-electron chi connectivity index (χ2n) is 21.7. The van der Waals surface area contributed by atoms with Gasteiger partial charge in [-0.05, 0) is 141 Å². The van der Waals surface area contributed by atoms with Gasteiger partial charge >= 0.3 is 0 Å². The summed E-state index contributed by atoms with van der Waals surface area (Å²) in [6.07, 6.45) is 5.98. The lowest BCUT2D eigenvalue weighted by atomic mass is 9.96. The number of rotatable bonds is 10. The molecule has 440 valence electrons. The number of hydrogen-bond acceptors (Lipinski definition) is 8. The molecule has 11 aromatic carbocycles. The van der Waals surface area contributed by atoms with E-state index in [4.69, 9.17) is 16.0 Å². The van der Waals surface area contributed by atoms with Crippen molar-refractivity contribution in [3.63, 3.8) is 0 Å². The van der Waals surface area contributed by atoms with Gasteiger partial charge in [0.2, 0.25) is 0 Å². The smallest absolute Gasteiger partial charge is 0.140 e. The third-order valence-corrected chi connectivity index (χ3v) is 15.7. The van der Waals surface area contributed by atoms with Crippen LogP contribution in [0.1, 0.15) is 51.4 Å². The number of anilines is 6. The van der Waals surface area contributed by atoms with Crippen LogP contribution >= 0.6 is 12.4 Å². The summed E-state index contributed by atoms with van der Waals surface area (Å²) in [5.41, 5.74) is 15.8. The first-order chi connectivity index (χ1) is 43.4. The van der Waals surface area contributed by atoms with E-state index < -0.39 is 0 Å². The van der Waals surface area contributed by atoms with Gasteiger partial charge in [0.05, 0.1) is 62.6 Å². The lowest BCUT2D eigenvalue weighted by molar-refractivity contribution is -0.129. The van der Waals surface area contributed by atoms with Crippen molar-refractivity contribution in [2.24, 2.45) is 16.0 Å². The first-order valence-electron chi connectivity index (χ1n) is 30.1. The molecule has 2 saturated carbocycles. The lowest BCUT2D eigenvalue weighted by Crippen LogP contribution is -2.24. The minimum atomic E-state index is 0. The molecule has 2 aliphatic rings. The number of fused-ring (bicyclic) bond motifs is 7. The number of nitrogens with zero attached hydrogens (tertiary/aromatic N) is 7. The Morgan fingerprint density at radius 1 is 0.315 bits per heavy atom. The molecule has 0 atom stereocenters. The first-order valence-corrected chi connectivity index (χ1v) is 30.1. The van der Waals surface area contributed by atoms with Gasteiger partial charge in [-0.2, -0.15) is 10.2 Å². The van der Waals surface area contributed by atoms with Crippen LogP contribution in [0.3, 0.4) is 0 Å². The van der Waals surface area contributed by atoms with Crippen molar-refractivity contribution in [1.29, 1.82) is 0 Å². The fourth-order valence-corrected chi connectivity index (χ4v) is 11.6. The van der Waals surface area contributed by atoms with Crippen LogP contribution in [0, 0.1) is 0 Å². The maximum absolute atomic E-state index is 10.5. The summed E-state index contributed by atoms with van der Waals surface area (Å²) >= 11 is 0. The Morgan fingerprint density at radius 2 is 0.652 bits per heavy atom. The van der Waals surface area contributed by atoms with E-state index in [0.29, 0.717) is 12.8 Å². The number of Topliss-reactive ketones (excluding diaryl/α,β-unsaturated/α-hetero) is 2. The van der Waals surface area contributed by atoms with Crippen LogP contribution in [0.2, 0.25) is 0 Å². The Bertz CT molecular complexity index is 4260. The molecule has 2 aromatic heterocycles. The molecule has 89 heavy (non-hydrogen) atoms. The molecular formula is C78H69ClN8O2. The fourth-order valence-electron chi connectivity index (χ4n) is 11.6. The van der Waals surface area contributed by atoms with Crippen molar-refractivity contribution in [3.8, 4) is 11.4 Å². The number of hydrogen-bond donors (Lipinski definition) is 1. The number of benzene rings is 11. The van der Waals surface area contributed by atoms with Crippen molar-refractivity contribution in [3.05, 3.63) is 303 Å². The average molecular weight is 1190 g/mol. The standard InChI is InChI=1S/C30H28N4.C30H20N2.C12H12N2.C6H8O2.ClH/c1-5-16-27(17-6-1)33(28-18-7-2-8-19-28)31-25-14-13-15-26(24-25)32-34(29-20-9-3-10-21-29)30-22-11-4-12-23-30;1-3-11-21(12-4-1)31-27-18-10-8-16-25(27)29-28(31)20-19-24-23-15-7-9-17-26(23)32(30(24)29)22-13-5-2-6-14-22;13-14(11-7-3-1-4-8-11)12-9-5-2-6-10-12;7-5-2-1-3-6(8)4-5;/h1-12,16-23H,13-15,24H2;1-20H;1-10H,13H2;1-4H2;1H/b31-25+,32-26+;;;;. The van der Waals surface area contributed by atoms with Crippen molar-refractivity contribution < 1.29 is 9.59 Å². The number of carbonyl (C=O) groups excluding carboxylic acids is 2. The molecule has 0 unspecified atom stereocenters. The maximum Gasteiger partial charge on any atom is 0.140 e. The minimum absolute atomic E-state index is 0. The molecule has 0 amide bonds. The Hall–Kier alpha value is -10.7. The van der Waals surface area contributed by atoms with E-state index in [9.17, 15) is 9.59 Å². The molecule has 2 aliphatic carbocycles. The number of ketones is 2. The van der Waals surface area contributed by atoms with Gasteiger partial charge in [-0.15, -0.1) is 12.4 Å². The number of nitrogens with two attached hydrogens (primary N) is 1. The molecule has 0 aliphatic heterocycles. The molecule has 0 radical (unpaired) electrons. The van der Waals surface area contributed by atoms with Gasteiger partial charge in [0.25, 0.3) is 0 Å². The summed E-state index contributed by atoms with van der Waals surface area (Å²) in [6.45, 7) is 0. The number of hydrazine groups is 1. The van der Waals surface area contributed by atoms with Crippen molar-refractivity contribution in [1.82, 2.24) is 9.13 Å². The average Bonchev–Trinajstić information content (AvgIpc) is 1.58. The normalized spacial score (nSPS) is 13.8. The van der Waals surface area contributed by atoms with Crippen LogP contribution in [0.25, 0.3) is 55.0 Å². The van der Waals surface area contributed by atoms with Crippen LogP contribution in [0.5, 0.6) is 0 Å². The van der Waals surface area contributed by atoms with E-state index in [1.165, 1.54) is 55.0 Å². The van der Waals surface area contributed by atoms with E-state index in [1.807, 2.05) is 94.9 Å². The molecule has 11 heteroatoms. The van der Waals surface area contributed by atoms with Gasteiger partial charge in [0, 0.05) is 63.6 Å². The minimum Gasteiger partial charge on any atom is -0.309 e. The zero-order valence-corrected chi connectivity index (χ0v) is 50.3. The predicted molar refractivity (Wildman–Crippen MR) is 373 cm³/mol. The second-order valence-corrected chi connectivity index (χ2v) is 21.7. The SMILES string of the molecule is Cl.NN(c1ccccc1)c1ccccc1.O=C1CCCC(=O)C1.c1ccc(-n2c3ccccc3c3c2ccc2c4ccccc4n(-c4ccccc4)c23)cc1.c1ccc(N(/N=C2\CCC/C(=N\N(c3ccccc3)c3ccccc3)C2)c2ccccc2)cc1. The summed E-state index contributed by atoms with van der Waals surface area (Å²) in [6, 6.07) is 104. The molecule has 0 bridgehead atoms. The van der Waals surface area contributed by atoms with Crippen LogP contribution in [-0.4, -0.2) is 32.1 Å². The summed E-state index contributed by atoms with van der Waals surface area (Å²) in [5.74, 6) is 6.17. The number of hydrazone groups is 2. The van der Waals surface area contributed by atoms with E-state index in [0.717, 1.165) is 77.7 Å². The van der Waals surface area contributed by atoms with E-state index in [-0.39, 0.29) is 30.4 Å². The molecule has 10 nitrogen and oxygen atoms in total. The summed E-state index contributed by atoms with van der Waals surface area (Å²) < 4.78 is 4.81. The molecule has 2 heterocycles. The van der Waals surface area contributed by atoms with Gasteiger partial charge in [-0.25, -0.2) is 15.9 Å². The topological polar surface area (TPSA) is 104 Å². The summed E-state index contributed by atoms with van der Waals surface area (Å²) in [4.78, 5) is 20.9. The Kier molecular flexibility index (Phi) is 19.7. The number of halogens is 1. The highest BCUT2D eigenvalue weighted by atomic mass is 35.5. The number of carbonyl (C=O) groups is 2. The maximum atomic E-state index is 10.5. The Labute approximate surface area is 526 Å². The molecule has 2 N–H and O–H groups in total.